The van der Waals surface area contributed by atoms with Gasteiger partial charge in [0.15, 0.2) is 0 Å². The highest BCUT2D eigenvalue weighted by Crippen LogP contribution is 2.30. The maximum absolute atomic E-state index is 13.0. The zero-order valence-electron chi connectivity index (χ0n) is 17.4. The van der Waals surface area contributed by atoms with Crippen LogP contribution in [0.15, 0.2) is 76.4 Å². The molecule has 9 heteroatoms. The fourth-order valence-electron chi connectivity index (χ4n) is 3.69. The Bertz CT molecular complexity index is 1320. The number of amides is 3. The second-order valence-corrected chi connectivity index (χ2v) is 8.35. The standard InChI is InChI=1S/C24H18N4O4S/c29-19(25-12-15-6-2-1-3-7-15)14-33-24-27-26-20(32-24)13-28-22(30)17-10-4-8-16-9-5-11-18(21(16)17)23(28)31/h1-11H,12-14H2,(H,25,29). The van der Waals surface area contributed by atoms with Crippen molar-refractivity contribution >= 4 is 40.3 Å². The van der Waals surface area contributed by atoms with E-state index in [9.17, 15) is 14.4 Å². The van der Waals surface area contributed by atoms with Crippen LogP contribution in [0.1, 0.15) is 32.2 Å². The van der Waals surface area contributed by atoms with Crippen LogP contribution in [0.5, 0.6) is 0 Å². The molecule has 3 aromatic carbocycles. The molecule has 0 aliphatic carbocycles. The Morgan fingerprint density at radius 2 is 1.61 bits per heavy atom. The van der Waals surface area contributed by atoms with Gasteiger partial charge in [0, 0.05) is 23.1 Å². The minimum Gasteiger partial charge on any atom is -0.414 e. The summed E-state index contributed by atoms with van der Waals surface area (Å²) in [5, 5.41) is 12.4. The normalized spacial score (nSPS) is 12.9. The number of nitrogens with zero attached hydrogens (tertiary/aromatic N) is 3. The molecule has 3 amide bonds. The lowest BCUT2D eigenvalue weighted by atomic mass is 9.94. The molecule has 8 nitrogen and oxygen atoms in total. The molecule has 0 unspecified atom stereocenters. The molecule has 33 heavy (non-hydrogen) atoms. The molecular weight excluding hydrogens is 440 g/mol. The number of nitrogens with one attached hydrogen (secondary N) is 1. The molecule has 164 valence electrons. The molecular formula is C24H18N4O4S. The van der Waals surface area contributed by atoms with Crippen LogP contribution in [0, 0.1) is 0 Å². The zero-order valence-corrected chi connectivity index (χ0v) is 18.2. The highest BCUT2D eigenvalue weighted by atomic mass is 32.2. The number of benzene rings is 3. The zero-order chi connectivity index (χ0) is 22.8. The van der Waals surface area contributed by atoms with Gasteiger partial charge in [-0.15, -0.1) is 10.2 Å². The lowest BCUT2D eigenvalue weighted by Gasteiger charge is -2.25. The van der Waals surface area contributed by atoms with Gasteiger partial charge in [-0.25, -0.2) is 0 Å². The van der Waals surface area contributed by atoms with Gasteiger partial charge in [0.1, 0.15) is 6.54 Å². The molecule has 2 heterocycles. The molecule has 0 spiro atoms. The van der Waals surface area contributed by atoms with Crippen LogP contribution < -0.4 is 5.32 Å². The quantitative estimate of drug-likeness (QED) is 0.334. The van der Waals surface area contributed by atoms with Crippen molar-refractivity contribution < 1.29 is 18.8 Å². The van der Waals surface area contributed by atoms with Crippen LogP contribution in [-0.2, 0) is 17.9 Å². The Morgan fingerprint density at radius 3 is 2.30 bits per heavy atom. The van der Waals surface area contributed by atoms with E-state index in [0.29, 0.717) is 23.1 Å². The third kappa shape index (κ3) is 4.22. The number of hydrogen-bond donors (Lipinski definition) is 1. The van der Waals surface area contributed by atoms with Gasteiger partial charge in [-0.2, -0.15) is 0 Å². The molecule has 0 saturated heterocycles. The van der Waals surface area contributed by atoms with Crippen LogP contribution in [0.4, 0.5) is 0 Å². The molecule has 5 rings (SSSR count). The summed E-state index contributed by atoms with van der Waals surface area (Å²) >= 11 is 1.09. The molecule has 0 saturated carbocycles. The maximum atomic E-state index is 13.0. The number of hydrogen-bond acceptors (Lipinski definition) is 7. The minimum atomic E-state index is -0.406. The number of thioether (sulfide) groups is 1. The van der Waals surface area contributed by atoms with Gasteiger partial charge in [0.2, 0.25) is 11.8 Å². The first-order valence-electron chi connectivity index (χ1n) is 10.2. The summed E-state index contributed by atoms with van der Waals surface area (Å²) in [6, 6.07) is 20.3. The first kappa shape index (κ1) is 20.9. The third-order valence-corrected chi connectivity index (χ3v) is 6.08. The van der Waals surface area contributed by atoms with E-state index >= 15 is 0 Å². The summed E-state index contributed by atoms with van der Waals surface area (Å²) in [7, 11) is 0. The molecule has 4 aromatic rings. The van der Waals surface area contributed by atoms with Gasteiger partial charge in [-0.1, -0.05) is 66.4 Å². The largest absolute Gasteiger partial charge is 0.414 e. The fraction of sp³-hybridized carbons (Fsp3) is 0.125. The fourth-order valence-corrected chi connectivity index (χ4v) is 4.30. The molecule has 1 aliphatic heterocycles. The molecule has 1 aliphatic rings. The highest BCUT2D eigenvalue weighted by molar-refractivity contribution is 7.99. The van der Waals surface area contributed by atoms with E-state index in [-0.39, 0.29) is 29.3 Å². The monoisotopic (exact) mass is 458 g/mol. The molecule has 0 fully saturated rings. The lowest BCUT2D eigenvalue weighted by molar-refractivity contribution is -0.118. The molecule has 0 radical (unpaired) electrons. The number of imide groups is 1. The highest BCUT2D eigenvalue weighted by Gasteiger charge is 2.33. The van der Waals surface area contributed by atoms with Gasteiger partial charge in [-0.3, -0.25) is 19.3 Å². The van der Waals surface area contributed by atoms with E-state index in [1.54, 1.807) is 24.3 Å². The Morgan fingerprint density at radius 1 is 0.909 bits per heavy atom. The first-order chi connectivity index (χ1) is 16.1. The van der Waals surface area contributed by atoms with Crippen molar-refractivity contribution in [2.75, 3.05) is 5.75 Å². The average molecular weight is 458 g/mol. The summed E-state index contributed by atoms with van der Waals surface area (Å²) in [4.78, 5) is 39.2. The Hall–Kier alpha value is -3.98. The third-order valence-electron chi connectivity index (χ3n) is 5.26. The second kappa shape index (κ2) is 8.87. The predicted molar refractivity (Wildman–Crippen MR) is 121 cm³/mol. The number of rotatable bonds is 7. The maximum Gasteiger partial charge on any atom is 0.277 e. The van der Waals surface area contributed by atoms with Gasteiger partial charge < -0.3 is 9.73 Å². The average Bonchev–Trinajstić information content (AvgIpc) is 3.30. The van der Waals surface area contributed by atoms with E-state index in [4.69, 9.17) is 4.42 Å². The molecule has 0 bridgehead atoms. The smallest absolute Gasteiger partial charge is 0.277 e. The predicted octanol–water partition coefficient (Wildman–Crippen LogP) is 3.43. The van der Waals surface area contributed by atoms with Crippen molar-refractivity contribution in [3.05, 3.63) is 89.3 Å². The van der Waals surface area contributed by atoms with Gasteiger partial charge in [0.05, 0.1) is 5.75 Å². The first-order valence-corrected chi connectivity index (χ1v) is 11.2. The number of carbonyl (C=O) groups is 3. The Labute approximate surface area is 193 Å². The van der Waals surface area contributed by atoms with E-state index in [2.05, 4.69) is 15.5 Å². The Balaban J connectivity index is 1.22. The summed E-state index contributed by atoms with van der Waals surface area (Å²) in [5.41, 5.74) is 1.93. The van der Waals surface area contributed by atoms with Crippen molar-refractivity contribution in [2.24, 2.45) is 0 Å². The van der Waals surface area contributed by atoms with Crippen molar-refractivity contribution in [1.29, 1.82) is 0 Å². The lowest BCUT2D eigenvalue weighted by Crippen LogP contribution is -2.39. The molecule has 1 N–H and O–H groups in total. The van der Waals surface area contributed by atoms with Gasteiger partial charge >= 0.3 is 0 Å². The summed E-state index contributed by atoms with van der Waals surface area (Å²) in [6.07, 6.45) is 0. The van der Waals surface area contributed by atoms with Crippen LogP contribution in [0.3, 0.4) is 0 Å². The van der Waals surface area contributed by atoms with Crippen LogP contribution in [-0.4, -0.2) is 38.6 Å². The van der Waals surface area contributed by atoms with E-state index in [1.165, 1.54) is 0 Å². The van der Waals surface area contributed by atoms with Crippen molar-refractivity contribution in [3.8, 4) is 0 Å². The van der Waals surface area contributed by atoms with E-state index in [0.717, 1.165) is 27.6 Å². The summed E-state index contributed by atoms with van der Waals surface area (Å²) in [5.74, 6) is -0.759. The summed E-state index contributed by atoms with van der Waals surface area (Å²) < 4.78 is 5.57. The Kier molecular flexibility index (Phi) is 5.62. The van der Waals surface area contributed by atoms with Crippen LogP contribution in [0.2, 0.25) is 0 Å². The minimum absolute atomic E-state index is 0.103. The number of carbonyl (C=O) groups excluding carboxylic acids is 3. The van der Waals surface area contributed by atoms with Gasteiger partial charge in [0.25, 0.3) is 17.0 Å². The molecule has 0 atom stereocenters. The van der Waals surface area contributed by atoms with Crippen LogP contribution in [0.25, 0.3) is 10.8 Å². The molecule has 1 aromatic heterocycles. The van der Waals surface area contributed by atoms with E-state index < -0.39 is 11.8 Å². The van der Waals surface area contributed by atoms with Gasteiger partial charge in [-0.05, 0) is 23.1 Å². The number of aromatic nitrogens is 2. The SMILES string of the molecule is O=C(CSc1nnc(CN2C(=O)c3cccc4cccc(c34)C2=O)o1)NCc1ccccc1. The van der Waals surface area contributed by atoms with Crippen molar-refractivity contribution in [1.82, 2.24) is 20.4 Å². The second-order valence-electron chi connectivity index (χ2n) is 7.42. The van der Waals surface area contributed by atoms with Crippen molar-refractivity contribution in [3.63, 3.8) is 0 Å². The van der Waals surface area contributed by atoms with E-state index in [1.807, 2.05) is 42.5 Å². The van der Waals surface area contributed by atoms with Crippen molar-refractivity contribution in [2.45, 2.75) is 18.3 Å². The topological polar surface area (TPSA) is 105 Å². The van der Waals surface area contributed by atoms with Crippen LogP contribution >= 0.6 is 11.8 Å². The summed E-state index contributed by atoms with van der Waals surface area (Å²) in [6.45, 7) is 0.291.